The number of rotatable bonds is 5. The van der Waals surface area contributed by atoms with Gasteiger partial charge < -0.3 is 9.32 Å². The number of benzene rings is 8. The molecule has 0 bridgehead atoms. The lowest BCUT2D eigenvalue weighted by molar-refractivity contribution is 0.669. The summed E-state index contributed by atoms with van der Waals surface area (Å²) in [5.41, 5.74) is 13.3. The maximum atomic E-state index is 6.40. The van der Waals surface area contributed by atoms with E-state index in [9.17, 15) is 0 Å². The van der Waals surface area contributed by atoms with Crippen molar-refractivity contribution in [2.45, 2.75) is 25.7 Å². The molecule has 1 aromatic heterocycles. The number of hydrogen-bond donors (Lipinski definition) is 0. The Balaban J connectivity index is 1.09. The largest absolute Gasteiger partial charge is 0.456 e. The molecule has 0 unspecified atom stereocenters. The number of para-hydroxylation sites is 1. The van der Waals surface area contributed by atoms with Crippen LogP contribution < -0.4 is 4.90 Å². The van der Waals surface area contributed by atoms with Crippen LogP contribution in [0, 0.1) is 0 Å². The standard InChI is InChI=1S/C48H35NO/c1-3-13-39-34(10-1)12-9-18-40(39)35-22-20-32(21-23-35)33-24-26-37(27-25-33)49(38-28-29-45-44-17-7-8-19-47(44)50-48(45)31-38)46-30-36-11-2-4-14-41(36)42-15-5-6-16-43(42)46/h2,4-9,11-12,14-31H,1,3,10,13H2. The van der Waals surface area contributed by atoms with Gasteiger partial charge in [0.25, 0.3) is 0 Å². The summed E-state index contributed by atoms with van der Waals surface area (Å²) in [7, 11) is 0. The van der Waals surface area contributed by atoms with E-state index in [0.29, 0.717) is 0 Å². The molecule has 0 spiro atoms. The number of aryl methyl sites for hydroxylation is 1. The van der Waals surface area contributed by atoms with E-state index in [1.165, 1.54) is 80.6 Å². The fourth-order valence-corrected chi connectivity index (χ4v) is 8.20. The molecule has 1 aliphatic rings. The Bertz CT molecular complexity index is 2700. The van der Waals surface area contributed by atoms with Crippen molar-refractivity contribution in [2.75, 3.05) is 4.90 Å². The van der Waals surface area contributed by atoms with Crippen LogP contribution >= 0.6 is 0 Å². The Morgan fingerprint density at radius 2 is 1.06 bits per heavy atom. The zero-order valence-electron chi connectivity index (χ0n) is 27.8. The van der Waals surface area contributed by atoms with E-state index in [-0.39, 0.29) is 0 Å². The minimum Gasteiger partial charge on any atom is -0.456 e. The van der Waals surface area contributed by atoms with Gasteiger partial charge in [-0.3, -0.25) is 0 Å². The number of nitrogens with zero attached hydrogens (tertiary/aromatic N) is 1. The van der Waals surface area contributed by atoms with Crippen molar-refractivity contribution in [1.29, 1.82) is 0 Å². The predicted octanol–water partition coefficient (Wildman–Crippen LogP) is 13.6. The van der Waals surface area contributed by atoms with Crippen molar-refractivity contribution in [3.63, 3.8) is 0 Å². The highest BCUT2D eigenvalue weighted by Crippen LogP contribution is 2.44. The molecular formula is C48H35NO. The van der Waals surface area contributed by atoms with Crippen LogP contribution in [0.3, 0.4) is 0 Å². The van der Waals surface area contributed by atoms with Crippen LogP contribution in [0.25, 0.3) is 65.7 Å². The van der Waals surface area contributed by atoms with Crippen molar-refractivity contribution >= 4 is 60.5 Å². The molecule has 9 aromatic rings. The molecule has 1 heterocycles. The average molecular weight is 642 g/mol. The van der Waals surface area contributed by atoms with Crippen molar-refractivity contribution in [3.05, 3.63) is 175 Å². The highest BCUT2D eigenvalue weighted by Gasteiger charge is 2.19. The molecule has 0 saturated carbocycles. The molecule has 0 radical (unpaired) electrons. The van der Waals surface area contributed by atoms with Gasteiger partial charge in [0.15, 0.2) is 0 Å². The lowest BCUT2D eigenvalue weighted by Gasteiger charge is -2.27. The quantitative estimate of drug-likeness (QED) is 0.174. The Labute approximate surface area is 291 Å². The van der Waals surface area contributed by atoms with E-state index in [2.05, 4.69) is 157 Å². The molecule has 2 heteroatoms. The molecule has 0 N–H and O–H groups in total. The SMILES string of the molecule is c1cc2c(c(-c3ccc(-c4ccc(N(c5ccc6c(c5)oc5ccccc56)c5cc6ccccc6c6ccccc56)cc4)cc3)c1)CCCC2. The molecule has 0 saturated heterocycles. The molecule has 0 fully saturated rings. The van der Waals surface area contributed by atoms with Crippen molar-refractivity contribution < 1.29 is 4.42 Å². The summed E-state index contributed by atoms with van der Waals surface area (Å²) in [6.45, 7) is 0. The van der Waals surface area contributed by atoms with E-state index in [1.54, 1.807) is 0 Å². The summed E-state index contributed by atoms with van der Waals surface area (Å²) in [4.78, 5) is 2.38. The van der Waals surface area contributed by atoms with Crippen LogP contribution in [-0.2, 0) is 12.8 Å². The second-order valence-electron chi connectivity index (χ2n) is 13.6. The second-order valence-corrected chi connectivity index (χ2v) is 13.6. The summed E-state index contributed by atoms with van der Waals surface area (Å²) < 4.78 is 6.40. The van der Waals surface area contributed by atoms with Crippen LogP contribution in [0.5, 0.6) is 0 Å². The van der Waals surface area contributed by atoms with Gasteiger partial charge in [-0.2, -0.15) is 0 Å². The normalized spacial score (nSPS) is 12.9. The third-order valence-electron chi connectivity index (χ3n) is 10.7. The van der Waals surface area contributed by atoms with Gasteiger partial charge in [-0.05, 0) is 112 Å². The molecule has 8 aromatic carbocycles. The van der Waals surface area contributed by atoms with Gasteiger partial charge in [-0.15, -0.1) is 0 Å². The maximum absolute atomic E-state index is 6.40. The van der Waals surface area contributed by atoms with Crippen molar-refractivity contribution in [3.8, 4) is 22.3 Å². The van der Waals surface area contributed by atoms with Gasteiger partial charge in [-0.1, -0.05) is 121 Å². The monoisotopic (exact) mass is 641 g/mol. The molecule has 50 heavy (non-hydrogen) atoms. The molecule has 0 amide bonds. The third-order valence-corrected chi connectivity index (χ3v) is 10.7. The summed E-state index contributed by atoms with van der Waals surface area (Å²) in [5.74, 6) is 0. The number of anilines is 3. The zero-order chi connectivity index (χ0) is 33.0. The van der Waals surface area contributed by atoms with E-state index >= 15 is 0 Å². The van der Waals surface area contributed by atoms with Crippen LogP contribution in [0.4, 0.5) is 17.1 Å². The number of furan rings is 1. The van der Waals surface area contributed by atoms with E-state index in [1.807, 2.05) is 12.1 Å². The summed E-state index contributed by atoms with van der Waals surface area (Å²) >= 11 is 0. The van der Waals surface area contributed by atoms with Gasteiger partial charge in [0.1, 0.15) is 11.2 Å². The van der Waals surface area contributed by atoms with Crippen molar-refractivity contribution in [1.82, 2.24) is 0 Å². The van der Waals surface area contributed by atoms with Crippen LogP contribution in [0.1, 0.15) is 24.0 Å². The highest BCUT2D eigenvalue weighted by molar-refractivity contribution is 6.15. The topological polar surface area (TPSA) is 16.4 Å². The Hall–Kier alpha value is -6.12. The molecule has 0 atom stereocenters. The molecule has 0 aliphatic heterocycles. The molecule has 2 nitrogen and oxygen atoms in total. The van der Waals surface area contributed by atoms with Gasteiger partial charge in [0, 0.05) is 33.6 Å². The van der Waals surface area contributed by atoms with Crippen LogP contribution in [0.2, 0.25) is 0 Å². The van der Waals surface area contributed by atoms with Gasteiger partial charge in [0.2, 0.25) is 0 Å². The van der Waals surface area contributed by atoms with Gasteiger partial charge in [0.05, 0.1) is 5.69 Å². The first-order chi connectivity index (χ1) is 24.8. The molecule has 238 valence electrons. The molecule has 10 rings (SSSR count). The smallest absolute Gasteiger partial charge is 0.137 e. The lowest BCUT2D eigenvalue weighted by Crippen LogP contribution is -2.10. The summed E-state index contributed by atoms with van der Waals surface area (Å²) in [5, 5.41) is 7.19. The number of hydrogen-bond acceptors (Lipinski definition) is 2. The Morgan fingerprint density at radius 3 is 1.90 bits per heavy atom. The predicted molar refractivity (Wildman–Crippen MR) is 211 cm³/mol. The number of fused-ring (bicyclic) bond motifs is 7. The van der Waals surface area contributed by atoms with Crippen LogP contribution in [-0.4, -0.2) is 0 Å². The second kappa shape index (κ2) is 11.8. The van der Waals surface area contributed by atoms with Crippen molar-refractivity contribution in [2.24, 2.45) is 0 Å². The first-order valence-electron chi connectivity index (χ1n) is 17.7. The van der Waals surface area contributed by atoms with E-state index in [0.717, 1.165) is 39.0 Å². The maximum Gasteiger partial charge on any atom is 0.137 e. The minimum atomic E-state index is 0.884. The Kier molecular flexibility index (Phi) is 6.80. The first kappa shape index (κ1) is 28.9. The average Bonchev–Trinajstić information content (AvgIpc) is 3.56. The first-order valence-corrected chi connectivity index (χ1v) is 17.7. The lowest BCUT2D eigenvalue weighted by atomic mass is 9.85. The summed E-state index contributed by atoms with van der Waals surface area (Å²) in [6.07, 6.45) is 4.97. The minimum absolute atomic E-state index is 0.884. The highest BCUT2D eigenvalue weighted by atomic mass is 16.3. The Morgan fingerprint density at radius 1 is 0.420 bits per heavy atom. The summed E-state index contributed by atoms with van der Waals surface area (Å²) in [6, 6.07) is 59.6. The molecular weight excluding hydrogens is 607 g/mol. The third kappa shape index (κ3) is 4.79. The zero-order valence-corrected chi connectivity index (χ0v) is 27.8. The van der Waals surface area contributed by atoms with Gasteiger partial charge in [-0.25, -0.2) is 0 Å². The molecule has 1 aliphatic carbocycles. The van der Waals surface area contributed by atoms with E-state index in [4.69, 9.17) is 4.42 Å². The van der Waals surface area contributed by atoms with Crippen LogP contribution in [0.15, 0.2) is 168 Å². The van der Waals surface area contributed by atoms with E-state index < -0.39 is 0 Å². The fraction of sp³-hybridized carbons (Fsp3) is 0.0833. The van der Waals surface area contributed by atoms with Gasteiger partial charge >= 0.3 is 0 Å². The fourth-order valence-electron chi connectivity index (χ4n) is 8.20.